The molecule has 1 unspecified atom stereocenters. The van der Waals surface area contributed by atoms with E-state index in [9.17, 15) is 14.0 Å². The number of amides is 2. The highest BCUT2D eigenvalue weighted by Crippen LogP contribution is 2.26. The second-order valence-electron chi connectivity index (χ2n) is 7.57. The Hall–Kier alpha value is -4.27. The lowest BCUT2D eigenvalue weighted by molar-refractivity contribution is -0.128. The zero-order chi connectivity index (χ0) is 22.8. The van der Waals surface area contributed by atoms with Crippen LogP contribution >= 0.6 is 0 Å². The number of hydrogen-bond acceptors (Lipinski definition) is 6. The lowest BCUT2D eigenvalue weighted by Gasteiger charge is -2.34. The van der Waals surface area contributed by atoms with Crippen molar-refractivity contribution in [1.82, 2.24) is 20.4 Å². The maximum Gasteiger partial charge on any atom is 0.277 e. The average Bonchev–Trinajstić information content (AvgIpc) is 3.31. The van der Waals surface area contributed by atoms with Crippen LogP contribution in [0.15, 0.2) is 71.4 Å². The molecule has 1 saturated heterocycles. The quantitative estimate of drug-likeness (QED) is 0.506. The van der Waals surface area contributed by atoms with E-state index in [1.54, 1.807) is 18.3 Å². The van der Waals surface area contributed by atoms with Gasteiger partial charge in [0.15, 0.2) is 11.5 Å². The van der Waals surface area contributed by atoms with Gasteiger partial charge in [-0.05, 0) is 42.0 Å². The van der Waals surface area contributed by atoms with Gasteiger partial charge >= 0.3 is 0 Å². The van der Waals surface area contributed by atoms with Crippen molar-refractivity contribution in [2.45, 2.75) is 12.6 Å². The summed E-state index contributed by atoms with van der Waals surface area (Å²) in [4.78, 5) is 31.3. The van der Waals surface area contributed by atoms with Crippen LogP contribution in [-0.4, -0.2) is 39.9 Å². The van der Waals surface area contributed by atoms with E-state index in [4.69, 9.17) is 9.26 Å². The van der Waals surface area contributed by atoms with Gasteiger partial charge in [-0.15, -0.1) is 0 Å². The van der Waals surface area contributed by atoms with Crippen LogP contribution in [0.1, 0.15) is 27.9 Å². The van der Waals surface area contributed by atoms with Gasteiger partial charge in [-0.25, -0.2) is 4.39 Å². The first kappa shape index (κ1) is 20.6. The first-order valence-electron chi connectivity index (χ1n) is 10.4. The molecule has 4 aromatic rings. The van der Waals surface area contributed by atoms with Gasteiger partial charge in [0.2, 0.25) is 5.91 Å². The molecule has 8 nitrogen and oxygen atoms in total. The number of hydrogen-bond donors (Lipinski definition) is 1. The predicted molar refractivity (Wildman–Crippen MR) is 116 cm³/mol. The molecule has 1 atom stereocenters. The molecule has 0 radical (unpaired) electrons. The summed E-state index contributed by atoms with van der Waals surface area (Å²) in [5.74, 6) is -0.361. The minimum atomic E-state index is -0.954. The molecule has 2 aromatic carbocycles. The number of benzene rings is 2. The third-order valence-corrected chi connectivity index (χ3v) is 5.37. The topological polar surface area (TPSA) is 97.6 Å². The number of carbonyl (C=O) groups excluding carboxylic acids is 2. The Kier molecular flexibility index (Phi) is 5.43. The monoisotopic (exact) mass is 446 g/mol. The van der Waals surface area contributed by atoms with E-state index in [0.29, 0.717) is 23.6 Å². The Morgan fingerprint density at radius 2 is 2.09 bits per heavy atom. The third kappa shape index (κ3) is 4.25. The number of carbonyl (C=O) groups is 2. The molecule has 2 aromatic heterocycles. The normalized spacial score (nSPS) is 16.0. The van der Waals surface area contributed by atoms with Crippen LogP contribution in [0, 0.1) is 5.82 Å². The van der Waals surface area contributed by atoms with Crippen molar-refractivity contribution in [2.24, 2.45) is 0 Å². The van der Waals surface area contributed by atoms with E-state index < -0.39 is 17.8 Å². The number of nitrogens with zero attached hydrogens (tertiary/aromatic N) is 3. The van der Waals surface area contributed by atoms with Gasteiger partial charge in [0.05, 0.1) is 5.52 Å². The summed E-state index contributed by atoms with van der Waals surface area (Å²) in [5.41, 5.74) is 1.29. The van der Waals surface area contributed by atoms with Crippen LogP contribution in [0.2, 0.25) is 0 Å². The van der Waals surface area contributed by atoms with Gasteiger partial charge < -0.3 is 19.5 Å². The van der Waals surface area contributed by atoms with Gasteiger partial charge in [-0.1, -0.05) is 23.4 Å². The van der Waals surface area contributed by atoms with Gasteiger partial charge in [-0.3, -0.25) is 14.6 Å². The Morgan fingerprint density at radius 3 is 2.97 bits per heavy atom. The molecular formula is C24H19FN4O4. The van der Waals surface area contributed by atoms with Gasteiger partial charge in [0, 0.05) is 30.7 Å². The molecule has 9 heteroatoms. The second-order valence-corrected chi connectivity index (χ2v) is 7.57. The number of rotatable bonds is 5. The van der Waals surface area contributed by atoms with E-state index in [2.05, 4.69) is 15.5 Å². The molecule has 1 N–H and O–H groups in total. The first-order valence-corrected chi connectivity index (χ1v) is 10.4. The number of fused-ring (bicyclic) bond motifs is 1. The highest BCUT2D eigenvalue weighted by molar-refractivity contribution is 5.97. The molecule has 3 heterocycles. The van der Waals surface area contributed by atoms with Crippen LogP contribution < -0.4 is 10.1 Å². The zero-order valence-corrected chi connectivity index (χ0v) is 17.4. The van der Waals surface area contributed by atoms with Crippen LogP contribution in [0.4, 0.5) is 4.39 Å². The van der Waals surface area contributed by atoms with Gasteiger partial charge in [0.1, 0.15) is 24.2 Å². The number of ether oxygens (including phenoxy) is 1. The molecule has 0 bridgehead atoms. The van der Waals surface area contributed by atoms with Crippen LogP contribution in [0.3, 0.4) is 0 Å². The summed E-state index contributed by atoms with van der Waals surface area (Å²) in [6, 6.07) is 15.5. The summed E-state index contributed by atoms with van der Waals surface area (Å²) in [6.45, 7) is 0.621. The number of piperazine rings is 1. The van der Waals surface area contributed by atoms with Crippen molar-refractivity contribution in [3.63, 3.8) is 0 Å². The Labute approximate surface area is 188 Å². The standard InChI is InChI=1S/C24H19FN4O4/c25-17-5-1-3-16(11-17)22-23(30)27-9-10-29(22)24(31)21-13-19(33-28-21)14-32-18-6-7-20-15(12-18)4-2-8-26-20/h1-8,11-13,22H,9-10,14H2,(H,27,30). The zero-order valence-electron chi connectivity index (χ0n) is 17.4. The molecule has 0 spiro atoms. The van der Waals surface area contributed by atoms with E-state index in [1.807, 2.05) is 24.3 Å². The maximum atomic E-state index is 13.7. The van der Waals surface area contributed by atoms with Crippen LogP contribution in [-0.2, 0) is 11.4 Å². The molecule has 2 amide bonds. The average molecular weight is 446 g/mol. The van der Waals surface area contributed by atoms with Crippen molar-refractivity contribution < 1.29 is 23.2 Å². The molecular weight excluding hydrogens is 427 g/mol. The smallest absolute Gasteiger partial charge is 0.277 e. The van der Waals surface area contributed by atoms with Crippen LogP contribution in [0.5, 0.6) is 5.75 Å². The Bertz CT molecular complexity index is 1340. The molecule has 166 valence electrons. The minimum absolute atomic E-state index is 0.0485. The molecule has 1 fully saturated rings. The Morgan fingerprint density at radius 1 is 1.18 bits per heavy atom. The highest BCUT2D eigenvalue weighted by atomic mass is 19.1. The molecule has 33 heavy (non-hydrogen) atoms. The lowest BCUT2D eigenvalue weighted by atomic mass is 10.0. The molecule has 0 saturated carbocycles. The SMILES string of the molecule is O=C1NCCN(C(=O)c2cc(COc3ccc4ncccc4c3)on2)C1c1cccc(F)c1. The fourth-order valence-corrected chi connectivity index (χ4v) is 3.82. The summed E-state index contributed by atoms with van der Waals surface area (Å²) >= 11 is 0. The van der Waals surface area contributed by atoms with Gasteiger partial charge in [0.25, 0.3) is 5.91 Å². The Balaban J connectivity index is 1.31. The van der Waals surface area contributed by atoms with E-state index >= 15 is 0 Å². The molecule has 0 aliphatic carbocycles. The number of aromatic nitrogens is 2. The summed E-state index contributed by atoms with van der Waals surface area (Å²) in [5, 5.41) is 7.52. The van der Waals surface area contributed by atoms with Crippen molar-refractivity contribution in [3.8, 4) is 5.75 Å². The second kappa shape index (κ2) is 8.70. The molecule has 5 rings (SSSR count). The summed E-state index contributed by atoms with van der Waals surface area (Å²) in [7, 11) is 0. The fourth-order valence-electron chi connectivity index (χ4n) is 3.82. The summed E-state index contributed by atoms with van der Waals surface area (Å²) in [6.07, 6.45) is 1.72. The number of nitrogens with one attached hydrogen (secondary N) is 1. The first-order chi connectivity index (χ1) is 16.1. The third-order valence-electron chi connectivity index (χ3n) is 5.37. The minimum Gasteiger partial charge on any atom is -0.486 e. The van der Waals surface area contributed by atoms with E-state index in [1.165, 1.54) is 29.2 Å². The van der Waals surface area contributed by atoms with Crippen molar-refractivity contribution in [2.75, 3.05) is 13.1 Å². The highest BCUT2D eigenvalue weighted by Gasteiger charge is 2.36. The van der Waals surface area contributed by atoms with E-state index in [-0.39, 0.29) is 24.8 Å². The maximum absolute atomic E-state index is 13.7. The van der Waals surface area contributed by atoms with E-state index in [0.717, 1.165) is 10.9 Å². The van der Waals surface area contributed by atoms with Crippen LogP contribution in [0.25, 0.3) is 10.9 Å². The number of halogens is 1. The summed E-state index contributed by atoms with van der Waals surface area (Å²) < 4.78 is 24.8. The molecule has 1 aliphatic heterocycles. The van der Waals surface area contributed by atoms with Gasteiger partial charge in [-0.2, -0.15) is 0 Å². The van der Waals surface area contributed by atoms with Crippen molar-refractivity contribution in [3.05, 3.63) is 89.7 Å². The molecule has 1 aliphatic rings. The largest absolute Gasteiger partial charge is 0.486 e. The lowest BCUT2D eigenvalue weighted by Crippen LogP contribution is -2.52. The number of pyridine rings is 1. The van der Waals surface area contributed by atoms with Crippen molar-refractivity contribution in [1.29, 1.82) is 0 Å². The predicted octanol–water partition coefficient (Wildman–Crippen LogP) is 3.25. The fraction of sp³-hybridized carbons (Fsp3) is 0.167. The van der Waals surface area contributed by atoms with Crippen molar-refractivity contribution >= 4 is 22.7 Å².